The number of carbonyl (C=O) groups excluding carboxylic acids is 1. The van der Waals surface area contributed by atoms with E-state index in [0.717, 1.165) is 49.4 Å². The van der Waals surface area contributed by atoms with Crippen LogP contribution in [0.1, 0.15) is 18.4 Å². The topological polar surface area (TPSA) is 50.8 Å². The second-order valence-corrected chi connectivity index (χ2v) is 6.30. The molecule has 2 aliphatic rings. The Labute approximate surface area is 131 Å². The van der Waals surface area contributed by atoms with Crippen LogP contribution in [0.2, 0.25) is 0 Å². The van der Waals surface area contributed by atoms with Gasteiger partial charge in [0, 0.05) is 18.7 Å². The summed E-state index contributed by atoms with van der Waals surface area (Å²) in [7, 11) is 3.74. The van der Waals surface area contributed by atoms with Crippen LogP contribution in [0, 0.1) is 5.92 Å². The van der Waals surface area contributed by atoms with Gasteiger partial charge in [-0.1, -0.05) is 6.07 Å². The Hall–Kier alpha value is -1.75. The zero-order valence-electron chi connectivity index (χ0n) is 13.3. The number of fused-ring (bicyclic) bond motifs is 1. The molecule has 1 aromatic carbocycles. The molecule has 0 saturated carbocycles. The lowest BCUT2D eigenvalue weighted by molar-refractivity contribution is -0.127. The van der Waals surface area contributed by atoms with Crippen molar-refractivity contribution in [1.82, 2.24) is 10.2 Å². The van der Waals surface area contributed by atoms with Crippen LogP contribution in [0.25, 0.3) is 0 Å². The number of likely N-dealkylation sites (tertiary alicyclic amines) is 1. The van der Waals surface area contributed by atoms with E-state index < -0.39 is 0 Å². The van der Waals surface area contributed by atoms with Crippen LogP contribution in [0.15, 0.2) is 18.2 Å². The zero-order valence-corrected chi connectivity index (χ0v) is 13.3. The van der Waals surface area contributed by atoms with E-state index in [-0.39, 0.29) is 17.9 Å². The normalized spacial score (nSPS) is 25.0. The number of rotatable bonds is 3. The Kier molecular flexibility index (Phi) is 4.52. The van der Waals surface area contributed by atoms with Gasteiger partial charge in [-0.3, -0.25) is 4.79 Å². The molecule has 1 saturated heterocycles. The molecule has 2 aliphatic heterocycles. The van der Waals surface area contributed by atoms with Gasteiger partial charge >= 0.3 is 0 Å². The Morgan fingerprint density at radius 2 is 2.32 bits per heavy atom. The number of piperidine rings is 1. The molecule has 1 aromatic rings. The molecule has 3 rings (SSSR count). The molecule has 5 heteroatoms. The summed E-state index contributed by atoms with van der Waals surface area (Å²) in [5, 5.41) is 3.19. The molecule has 0 spiro atoms. The number of amides is 1. The summed E-state index contributed by atoms with van der Waals surface area (Å²) < 4.78 is 11.0. The van der Waals surface area contributed by atoms with Gasteiger partial charge < -0.3 is 19.7 Å². The van der Waals surface area contributed by atoms with Crippen LogP contribution in [-0.2, 0) is 11.2 Å². The molecule has 0 radical (unpaired) electrons. The summed E-state index contributed by atoms with van der Waals surface area (Å²) >= 11 is 0. The fourth-order valence-electron chi connectivity index (χ4n) is 3.25. The first kappa shape index (κ1) is 15.2. The maximum absolute atomic E-state index is 12.5. The highest BCUT2D eigenvalue weighted by molar-refractivity contribution is 5.80. The summed E-state index contributed by atoms with van der Waals surface area (Å²) in [4.78, 5) is 14.7. The highest BCUT2D eigenvalue weighted by atomic mass is 16.5. The van der Waals surface area contributed by atoms with Crippen molar-refractivity contribution in [3.8, 4) is 11.5 Å². The number of ether oxygens (including phenoxy) is 2. The fourth-order valence-corrected chi connectivity index (χ4v) is 3.25. The Bertz CT molecular complexity index is 547. The third-order valence-electron chi connectivity index (χ3n) is 4.52. The summed E-state index contributed by atoms with van der Waals surface area (Å²) in [6.45, 7) is 2.50. The van der Waals surface area contributed by atoms with Gasteiger partial charge in [0.15, 0.2) is 0 Å². The van der Waals surface area contributed by atoms with Crippen molar-refractivity contribution in [2.45, 2.75) is 25.3 Å². The number of methoxy groups -OCH3 is 1. The van der Waals surface area contributed by atoms with Gasteiger partial charge in [-0.15, -0.1) is 0 Å². The van der Waals surface area contributed by atoms with E-state index in [2.05, 4.69) is 17.3 Å². The number of hydrogen-bond donors (Lipinski definition) is 1. The smallest absolute Gasteiger partial charge is 0.227 e. The van der Waals surface area contributed by atoms with E-state index in [1.165, 1.54) is 0 Å². The first-order valence-corrected chi connectivity index (χ1v) is 7.94. The maximum atomic E-state index is 12.5. The minimum absolute atomic E-state index is 0.104. The van der Waals surface area contributed by atoms with Crippen LogP contribution in [0.3, 0.4) is 0 Å². The van der Waals surface area contributed by atoms with Crippen molar-refractivity contribution >= 4 is 5.91 Å². The Balaban J connectivity index is 1.60. The van der Waals surface area contributed by atoms with Gasteiger partial charge in [-0.25, -0.2) is 0 Å². The number of nitrogens with one attached hydrogen (secondary N) is 1. The molecule has 0 aromatic heterocycles. The van der Waals surface area contributed by atoms with Crippen molar-refractivity contribution < 1.29 is 14.3 Å². The summed E-state index contributed by atoms with van der Waals surface area (Å²) in [5.41, 5.74) is 1.08. The van der Waals surface area contributed by atoms with Gasteiger partial charge in [0.2, 0.25) is 5.91 Å². The van der Waals surface area contributed by atoms with E-state index >= 15 is 0 Å². The standard InChI is InChI=1S/C17H24N2O3/c1-19-7-3-4-14(10-19)18-17(20)13-8-12-5-6-15(21-2)9-16(12)22-11-13/h5-6,9,13-14H,3-4,7-8,10-11H2,1-2H3,(H,18,20)/t13-,14+/m0/s1. The van der Waals surface area contributed by atoms with Crippen LogP contribution in [0.4, 0.5) is 0 Å². The van der Waals surface area contributed by atoms with Crippen molar-refractivity contribution in [3.05, 3.63) is 23.8 Å². The van der Waals surface area contributed by atoms with Gasteiger partial charge in [0.1, 0.15) is 18.1 Å². The molecule has 0 aliphatic carbocycles. The van der Waals surface area contributed by atoms with Gasteiger partial charge in [-0.2, -0.15) is 0 Å². The number of nitrogens with zero attached hydrogens (tertiary/aromatic N) is 1. The number of likely N-dealkylation sites (N-methyl/N-ethyl adjacent to an activating group) is 1. The summed E-state index contributed by atoms with van der Waals surface area (Å²) in [5.74, 6) is 1.63. The molecular weight excluding hydrogens is 280 g/mol. The van der Waals surface area contributed by atoms with Gasteiger partial charge in [0.05, 0.1) is 13.0 Å². The maximum Gasteiger partial charge on any atom is 0.227 e. The van der Waals surface area contributed by atoms with E-state index in [9.17, 15) is 4.79 Å². The van der Waals surface area contributed by atoms with Gasteiger partial charge in [-0.05, 0) is 44.5 Å². The first-order valence-electron chi connectivity index (χ1n) is 7.94. The third kappa shape index (κ3) is 3.35. The largest absolute Gasteiger partial charge is 0.497 e. The zero-order chi connectivity index (χ0) is 15.5. The predicted molar refractivity (Wildman–Crippen MR) is 84.3 cm³/mol. The van der Waals surface area contributed by atoms with Gasteiger partial charge in [0.25, 0.3) is 0 Å². The molecule has 2 heterocycles. The second kappa shape index (κ2) is 6.57. The average Bonchev–Trinajstić information content (AvgIpc) is 2.53. The molecule has 1 amide bonds. The van der Waals surface area contributed by atoms with E-state index in [4.69, 9.17) is 9.47 Å². The number of benzene rings is 1. The lowest BCUT2D eigenvalue weighted by atomic mass is 9.95. The SMILES string of the molecule is COc1ccc2c(c1)OC[C@@H](C(=O)N[C@@H]1CCCN(C)C1)C2. The molecular formula is C17H24N2O3. The Morgan fingerprint density at radius 3 is 3.09 bits per heavy atom. The van der Waals surface area contributed by atoms with Crippen molar-refractivity contribution in [2.24, 2.45) is 5.92 Å². The van der Waals surface area contributed by atoms with E-state index in [1.807, 2.05) is 18.2 Å². The molecule has 1 N–H and O–H groups in total. The second-order valence-electron chi connectivity index (χ2n) is 6.30. The van der Waals surface area contributed by atoms with E-state index in [0.29, 0.717) is 6.61 Å². The highest BCUT2D eigenvalue weighted by Crippen LogP contribution is 2.31. The minimum atomic E-state index is -0.104. The predicted octanol–water partition coefficient (Wildman–Crippen LogP) is 1.46. The lowest BCUT2D eigenvalue weighted by Gasteiger charge is -2.32. The first-order chi connectivity index (χ1) is 10.7. The molecule has 0 unspecified atom stereocenters. The van der Waals surface area contributed by atoms with Crippen LogP contribution < -0.4 is 14.8 Å². The monoisotopic (exact) mass is 304 g/mol. The molecule has 2 atom stereocenters. The van der Waals surface area contributed by atoms with Crippen molar-refractivity contribution in [3.63, 3.8) is 0 Å². The average molecular weight is 304 g/mol. The molecule has 120 valence electrons. The minimum Gasteiger partial charge on any atom is -0.497 e. The number of carbonyl (C=O) groups is 1. The molecule has 1 fully saturated rings. The van der Waals surface area contributed by atoms with E-state index in [1.54, 1.807) is 7.11 Å². The molecule has 5 nitrogen and oxygen atoms in total. The summed E-state index contributed by atoms with van der Waals surface area (Å²) in [6, 6.07) is 6.06. The third-order valence-corrected chi connectivity index (χ3v) is 4.52. The van der Waals surface area contributed by atoms with Crippen molar-refractivity contribution in [1.29, 1.82) is 0 Å². The fraction of sp³-hybridized carbons (Fsp3) is 0.588. The van der Waals surface area contributed by atoms with Crippen molar-refractivity contribution in [2.75, 3.05) is 33.9 Å². The van der Waals surface area contributed by atoms with Crippen LogP contribution in [0.5, 0.6) is 11.5 Å². The molecule has 0 bridgehead atoms. The quantitative estimate of drug-likeness (QED) is 0.918. The molecule has 22 heavy (non-hydrogen) atoms. The van der Waals surface area contributed by atoms with Crippen LogP contribution in [-0.4, -0.2) is 50.7 Å². The number of hydrogen-bond acceptors (Lipinski definition) is 4. The summed E-state index contributed by atoms with van der Waals surface area (Å²) in [6.07, 6.45) is 2.94. The highest BCUT2D eigenvalue weighted by Gasteiger charge is 2.28. The van der Waals surface area contributed by atoms with Crippen LogP contribution >= 0.6 is 0 Å². The lowest BCUT2D eigenvalue weighted by Crippen LogP contribution is -2.49. The Morgan fingerprint density at radius 1 is 1.45 bits per heavy atom.